The minimum Gasteiger partial charge on any atom is -0.258 e. The van der Waals surface area contributed by atoms with E-state index in [1.54, 1.807) is 12.1 Å². The fourth-order valence-corrected chi connectivity index (χ4v) is 3.10. The van der Waals surface area contributed by atoms with E-state index in [2.05, 4.69) is 5.11 Å². The summed E-state index contributed by atoms with van der Waals surface area (Å²) in [6, 6.07) is 14.9. The maximum Gasteiger partial charge on any atom is 0.318 e. The number of nitro benzene ring substituents is 3. The molecule has 3 aromatic carbocycles. The van der Waals surface area contributed by atoms with Crippen molar-refractivity contribution in [3.63, 3.8) is 0 Å². The van der Waals surface area contributed by atoms with Gasteiger partial charge in [-0.3, -0.25) is 30.3 Å². The zero-order valence-electron chi connectivity index (χ0n) is 14.5. The molecule has 0 aromatic heterocycles. The van der Waals surface area contributed by atoms with Crippen molar-refractivity contribution in [1.29, 1.82) is 5.53 Å². The highest BCUT2D eigenvalue weighted by Crippen LogP contribution is 2.55. The van der Waals surface area contributed by atoms with Crippen molar-refractivity contribution < 1.29 is 14.8 Å². The highest BCUT2D eigenvalue weighted by Gasteiger charge is 2.43. The summed E-state index contributed by atoms with van der Waals surface area (Å²) in [6.07, 6.45) is 0. The molecule has 0 bridgehead atoms. The standard InChI is InChI=1S/C18H11N5O6/c19-20-15-17(22(26)27)13(11-7-3-1-4-8-11)16(21(24)25)14(18(15)23(28)29)12-9-5-2-6-10-12/h1-10,19H. The van der Waals surface area contributed by atoms with Gasteiger partial charge in [0.05, 0.1) is 14.8 Å². The molecule has 3 aromatic rings. The largest absolute Gasteiger partial charge is 0.318 e. The monoisotopic (exact) mass is 393 g/mol. The quantitative estimate of drug-likeness (QED) is 0.334. The number of nitrogens with one attached hydrogen (secondary N) is 1. The molecule has 1 N–H and O–H groups in total. The van der Waals surface area contributed by atoms with Crippen molar-refractivity contribution in [2.24, 2.45) is 5.11 Å². The van der Waals surface area contributed by atoms with Crippen LogP contribution >= 0.6 is 0 Å². The molecule has 0 saturated carbocycles. The van der Waals surface area contributed by atoms with Crippen LogP contribution in [0.5, 0.6) is 0 Å². The Kier molecular flexibility index (Phi) is 5.04. The lowest BCUT2D eigenvalue weighted by molar-refractivity contribution is -0.400. The van der Waals surface area contributed by atoms with Gasteiger partial charge in [0.25, 0.3) is 5.69 Å². The van der Waals surface area contributed by atoms with Gasteiger partial charge in [-0.05, 0) is 11.1 Å². The Morgan fingerprint density at radius 3 is 1.24 bits per heavy atom. The van der Waals surface area contributed by atoms with Gasteiger partial charge in [-0.1, -0.05) is 60.7 Å². The van der Waals surface area contributed by atoms with Crippen LogP contribution in [0, 0.1) is 35.9 Å². The minimum absolute atomic E-state index is 0.0999. The third-order valence-corrected chi connectivity index (χ3v) is 4.18. The van der Waals surface area contributed by atoms with Crippen LogP contribution in [-0.2, 0) is 0 Å². The SMILES string of the molecule is N=Nc1c([N+](=O)[O-])c(-c2ccccc2)c([N+](=O)[O-])c(-c2ccccc2)c1[N+](=O)[O-]. The molecule has 0 atom stereocenters. The zero-order chi connectivity index (χ0) is 21.1. The second-order valence-electron chi connectivity index (χ2n) is 5.76. The second-order valence-corrected chi connectivity index (χ2v) is 5.76. The van der Waals surface area contributed by atoms with Crippen LogP contribution in [0.4, 0.5) is 22.7 Å². The van der Waals surface area contributed by atoms with E-state index in [-0.39, 0.29) is 11.1 Å². The van der Waals surface area contributed by atoms with Crippen molar-refractivity contribution in [2.45, 2.75) is 0 Å². The van der Waals surface area contributed by atoms with Crippen molar-refractivity contribution in [1.82, 2.24) is 0 Å². The van der Waals surface area contributed by atoms with Crippen LogP contribution in [0.15, 0.2) is 65.8 Å². The molecule has 0 radical (unpaired) electrons. The molecule has 11 nitrogen and oxygen atoms in total. The van der Waals surface area contributed by atoms with E-state index in [4.69, 9.17) is 5.53 Å². The topological polar surface area (TPSA) is 166 Å². The van der Waals surface area contributed by atoms with Gasteiger partial charge >= 0.3 is 11.4 Å². The van der Waals surface area contributed by atoms with E-state index in [1.807, 2.05) is 0 Å². The maximum atomic E-state index is 12.0. The highest BCUT2D eigenvalue weighted by atomic mass is 16.6. The smallest absolute Gasteiger partial charge is 0.258 e. The normalized spacial score (nSPS) is 10.3. The number of hydrogen-bond donors (Lipinski definition) is 1. The van der Waals surface area contributed by atoms with Crippen LogP contribution in [-0.4, -0.2) is 14.8 Å². The van der Waals surface area contributed by atoms with Crippen molar-refractivity contribution in [3.05, 3.63) is 91.0 Å². The molecule has 29 heavy (non-hydrogen) atoms. The van der Waals surface area contributed by atoms with Crippen molar-refractivity contribution >= 4 is 22.7 Å². The summed E-state index contributed by atoms with van der Waals surface area (Å²) >= 11 is 0. The molecule has 0 amide bonds. The van der Waals surface area contributed by atoms with Crippen LogP contribution in [0.3, 0.4) is 0 Å². The Balaban J connectivity index is 2.68. The lowest BCUT2D eigenvalue weighted by atomic mass is 9.91. The summed E-state index contributed by atoms with van der Waals surface area (Å²) < 4.78 is 0. The number of nitrogens with zero attached hydrogens (tertiary/aromatic N) is 4. The van der Waals surface area contributed by atoms with Crippen LogP contribution in [0.1, 0.15) is 0 Å². The van der Waals surface area contributed by atoms with E-state index < -0.39 is 48.6 Å². The van der Waals surface area contributed by atoms with Gasteiger partial charge in [-0.15, -0.1) is 5.11 Å². The molecule has 144 valence electrons. The molecule has 0 unspecified atom stereocenters. The average Bonchev–Trinajstić information content (AvgIpc) is 2.72. The van der Waals surface area contributed by atoms with Gasteiger partial charge in [0.1, 0.15) is 11.1 Å². The fourth-order valence-electron chi connectivity index (χ4n) is 3.10. The van der Waals surface area contributed by atoms with Crippen LogP contribution in [0.2, 0.25) is 0 Å². The molecule has 0 aliphatic heterocycles. The van der Waals surface area contributed by atoms with Gasteiger partial charge in [-0.25, -0.2) is 5.53 Å². The number of hydrogen-bond acceptors (Lipinski definition) is 8. The first-order valence-electron chi connectivity index (χ1n) is 8.03. The predicted molar refractivity (Wildman–Crippen MR) is 102 cm³/mol. The molecule has 0 aliphatic carbocycles. The summed E-state index contributed by atoms with van der Waals surface area (Å²) in [5, 5.41) is 38.6. The van der Waals surface area contributed by atoms with Crippen molar-refractivity contribution in [2.75, 3.05) is 0 Å². The van der Waals surface area contributed by atoms with Gasteiger partial charge in [0.15, 0.2) is 0 Å². The van der Waals surface area contributed by atoms with Crippen LogP contribution in [0.25, 0.3) is 22.3 Å². The zero-order valence-corrected chi connectivity index (χ0v) is 14.5. The Hall–Kier alpha value is -4.54. The second kappa shape index (κ2) is 7.60. The minimum atomic E-state index is -0.996. The van der Waals surface area contributed by atoms with Crippen molar-refractivity contribution in [3.8, 4) is 22.3 Å². The summed E-state index contributed by atoms with van der Waals surface area (Å²) in [5.74, 6) is 0. The predicted octanol–water partition coefficient (Wildman–Crippen LogP) is 5.41. The molecule has 0 heterocycles. The van der Waals surface area contributed by atoms with Crippen LogP contribution < -0.4 is 0 Å². The Labute approximate surface area is 162 Å². The maximum absolute atomic E-state index is 12.0. The highest BCUT2D eigenvalue weighted by molar-refractivity contribution is 6.02. The summed E-state index contributed by atoms with van der Waals surface area (Å²) in [5.41, 5.74) is 3.07. The van der Waals surface area contributed by atoms with Gasteiger partial charge in [0.2, 0.25) is 5.69 Å². The Morgan fingerprint density at radius 1 is 0.621 bits per heavy atom. The van der Waals surface area contributed by atoms with E-state index in [0.29, 0.717) is 0 Å². The molecule has 0 saturated heterocycles. The van der Waals surface area contributed by atoms with E-state index in [9.17, 15) is 30.3 Å². The number of nitro groups is 3. The lowest BCUT2D eigenvalue weighted by Crippen LogP contribution is -2.05. The molecular weight excluding hydrogens is 382 g/mol. The Bertz CT molecular complexity index is 1070. The molecule has 11 heteroatoms. The fraction of sp³-hybridized carbons (Fsp3) is 0. The molecular formula is C18H11N5O6. The van der Waals surface area contributed by atoms with Gasteiger partial charge in [0, 0.05) is 0 Å². The first-order chi connectivity index (χ1) is 13.9. The summed E-state index contributed by atoms with van der Waals surface area (Å²) in [7, 11) is 0. The van der Waals surface area contributed by atoms with E-state index >= 15 is 0 Å². The third kappa shape index (κ3) is 3.27. The first kappa shape index (κ1) is 19.2. The molecule has 0 fully saturated rings. The number of benzene rings is 3. The number of rotatable bonds is 6. The van der Waals surface area contributed by atoms with Gasteiger partial charge < -0.3 is 0 Å². The lowest BCUT2D eigenvalue weighted by Gasteiger charge is -2.12. The average molecular weight is 393 g/mol. The van der Waals surface area contributed by atoms with E-state index in [1.165, 1.54) is 48.5 Å². The third-order valence-electron chi connectivity index (χ3n) is 4.18. The summed E-state index contributed by atoms with van der Waals surface area (Å²) in [4.78, 5) is 32.7. The first-order valence-corrected chi connectivity index (χ1v) is 8.03. The molecule has 0 spiro atoms. The molecule has 0 aliphatic rings. The Morgan fingerprint density at radius 2 is 0.966 bits per heavy atom. The van der Waals surface area contributed by atoms with E-state index in [0.717, 1.165) is 0 Å². The summed E-state index contributed by atoms with van der Waals surface area (Å²) in [6.45, 7) is 0. The van der Waals surface area contributed by atoms with Gasteiger partial charge in [-0.2, -0.15) is 0 Å². The molecule has 3 rings (SSSR count).